The van der Waals surface area contributed by atoms with Crippen LogP contribution in [0.5, 0.6) is 0 Å². The minimum Gasteiger partial charge on any atom is -0.395 e. The molecule has 1 aromatic carbocycles. The molecule has 5 heteroatoms. The maximum absolute atomic E-state index is 10.8. The molecule has 17 heavy (non-hydrogen) atoms. The summed E-state index contributed by atoms with van der Waals surface area (Å²) >= 11 is 0. The van der Waals surface area contributed by atoms with Crippen molar-refractivity contribution in [1.82, 2.24) is 5.32 Å². The molecule has 0 aromatic heterocycles. The fourth-order valence-corrected chi connectivity index (χ4v) is 1.49. The largest absolute Gasteiger partial charge is 0.395 e. The molecule has 2 unspecified atom stereocenters. The van der Waals surface area contributed by atoms with Gasteiger partial charge in [0.15, 0.2) is 0 Å². The summed E-state index contributed by atoms with van der Waals surface area (Å²) in [7, 11) is 0. The zero-order valence-electron chi connectivity index (χ0n) is 9.67. The maximum atomic E-state index is 10.8. The zero-order valence-corrected chi connectivity index (χ0v) is 9.67. The van der Waals surface area contributed by atoms with Gasteiger partial charge in [0.1, 0.15) is 0 Å². The molecule has 94 valence electrons. The molecule has 2 atom stereocenters. The Labute approximate surface area is 101 Å². The van der Waals surface area contributed by atoms with Crippen LogP contribution in [0.15, 0.2) is 30.3 Å². The Balaban J connectivity index is 2.41. The highest BCUT2D eigenvalue weighted by Crippen LogP contribution is 2.02. The molecule has 0 radical (unpaired) electrons. The Kier molecular flexibility index (Phi) is 5.62. The average Bonchev–Trinajstić information content (AvgIpc) is 2.35. The minimum absolute atomic E-state index is 0.0135. The Hall–Kier alpha value is -1.43. The van der Waals surface area contributed by atoms with Crippen molar-refractivity contribution in [2.45, 2.75) is 18.5 Å². The van der Waals surface area contributed by atoms with Crippen molar-refractivity contribution >= 4 is 5.91 Å². The number of nitrogens with two attached hydrogens (primary N) is 2. The third kappa shape index (κ3) is 4.95. The molecule has 1 rings (SSSR count). The summed E-state index contributed by atoms with van der Waals surface area (Å²) in [6.07, 6.45) is 0.683. The second kappa shape index (κ2) is 7.01. The number of carbonyl (C=O) groups is 1. The molecule has 0 bridgehead atoms. The third-order valence-corrected chi connectivity index (χ3v) is 2.54. The predicted molar refractivity (Wildman–Crippen MR) is 66.2 cm³/mol. The van der Waals surface area contributed by atoms with Gasteiger partial charge >= 0.3 is 0 Å². The summed E-state index contributed by atoms with van der Waals surface area (Å²) in [4.78, 5) is 10.8. The number of primary amides is 1. The molecule has 0 aliphatic heterocycles. The molecule has 0 aliphatic carbocycles. The first-order chi connectivity index (χ1) is 8.13. The molecule has 6 N–H and O–H groups in total. The summed E-state index contributed by atoms with van der Waals surface area (Å²) in [6, 6.07) is 8.95. The molecule has 5 nitrogen and oxygen atoms in total. The van der Waals surface area contributed by atoms with E-state index in [1.165, 1.54) is 0 Å². The van der Waals surface area contributed by atoms with Gasteiger partial charge in [0, 0.05) is 12.6 Å². The monoisotopic (exact) mass is 237 g/mol. The molecule has 0 aliphatic rings. The van der Waals surface area contributed by atoms with Crippen LogP contribution in [0.3, 0.4) is 0 Å². The van der Waals surface area contributed by atoms with E-state index in [0.717, 1.165) is 5.56 Å². The maximum Gasteiger partial charge on any atom is 0.235 e. The van der Waals surface area contributed by atoms with Gasteiger partial charge in [0.2, 0.25) is 5.91 Å². The van der Waals surface area contributed by atoms with E-state index < -0.39 is 11.9 Å². The van der Waals surface area contributed by atoms with Crippen LogP contribution in [0, 0.1) is 0 Å². The molecular weight excluding hydrogens is 218 g/mol. The third-order valence-electron chi connectivity index (χ3n) is 2.54. The fourth-order valence-electron chi connectivity index (χ4n) is 1.49. The lowest BCUT2D eigenvalue weighted by Crippen LogP contribution is -2.48. The normalized spacial score (nSPS) is 14.2. The average molecular weight is 237 g/mol. The number of aliphatic hydroxyl groups is 1. The SMILES string of the molecule is NC(=O)C(N)CNC(CO)Cc1ccccc1. The first-order valence-electron chi connectivity index (χ1n) is 5.56. The molecular formula is C12H19N3O2. The molecule has 0 spiro atoms. The smallest absolute Gasteiger partial charge is 0.235 e. The Morgan fingerprint density at radius 3 is 2.53 bits per heavy atom. The van der Waals surface area contributed by atoms with Crippen LogP contribution in [-0.2, 0) is 11.2 Å². The number of amides is 1. The molecule has 0 saturated carbocycles. The number of hydrogen-bond donors (Lipinski definition) is 4. The van der Waals surface area contributed by atoms with Crippen LogP contribution in [0.1, 0.15) is 5.56 Å². The van der Waals surface area contributed by atoms with E-state index in [4.69, 9.17) is 11.5 Å². The summed E-state index contributed by atoms with van der Waals surface area (Å²) in [6.45, 7) is 0.258. The molecule has 1 aromatic rings. The van der Waals surface area contributed by atoms with Crippen molar-refractivity contribution in [2.24, 2.45) is 11.5 Å². The number of aliphatic hydroxyl groups excluding tert-OH is 1. The molecule has 0 saturated heterocycles. The summed E-state index contributed by atoms with van der Waals surface area (Å²) in [5.41, 5.74) is 11.7. The minimum atomic E-state index is -0.722. The second-order valence-corrected chi connectivity index (χ2v) is 3.99. The predicted octanol–water partition coefficient (Wildman–Crippen LogP) is -1.01. The van der Waals surface area contributed by atoms with E-state index in [9.17, 15) is 9.90 Å². The van der Waals surface area contributed by atoms with Gasteiger partial charge in [-0.05, 0) is 12.0 Å². The standard InChI is InChI=1S/C12H19N3O2/c13-11(12(14)17)7-15-10(8-16)6-9-4-2-1-3-5-9/h1-5,10-11,15-16H,6-8,13H2,(H2,14,17). The van der Waals surface area contributed by atoms with Gasteiger partial charge < -0.3 is 21.9 Å². The van der Waals surface area contributed by atoms with Gasteiger partial charge in [0.25, 0.3) is 0 Å². The summed E-state index contributed by atoms with van der Waals surface area (Å²) in [5.74, 6) is -0.547. The summed E-state index contributed by atoms with van der Waals surface area (Å²) < 4.78 is 0. The molecule has 1 amide bonds. The first kappa shape index (κ1) is 13.6. The van der Waals surface area contributed by atoms with Gasteiger partial charge in [0.05, 0.1) is 12.6 Å². The highest BCUT2D eigenvalue weighted by molar-refractivity contribution is 5.79. The van der Waals surface area contributed by atoms with Crippen molar-refractivity contribution in [2.75, 3.05) is 13.2 Å². The van der Waals surface area contributed by atoms with Crippen LogP contribution in [0.4, 0.5) is 0 Å². The Morgan fingerprint density at radius 2 is 2.00 bits per heavy atom. The van der Waals surface area contributed by atoms with Crippen LogP contribution in [-0.4, -0.2) is 36.2 Å². The Morgan fingerprint density at radius 1 is 1.35 bits per heavy atom. The van der Waals surface area contributed by atoms with Crippen molar-refractivity contribution < 1.29 is 9.90 Å². The van der Waals surface area contributed by atoms with E-state index in [-0.39, 0.29) is 19.2 Å². The van der Waals surface area contributed by atoms with E-state index in [0.29, 0.717) is 6.42 Å². The second-order valence-electron chi connectivity index (χ2n) is 3.99. The first-order valence-corrected chi connectivity index (χ1v) is 5.56. The number of rotatable bonds is 7. The summed E-state index contributed by atoms with van der Waals surface area (Å²) in [5, 5.41) is 12.2. The topological polar surface area (TPSA) is 101 Å². The lowest BCUT2D eigenvalue weighted by atomic mass is 10.1. The van der Waals surface area contributed by atoms with E-state index in [1.807, 2.05) is 30.3 Å². The van der Waals surface area contributed by atoms with Crippen molar-refractivity contribution in [3.8, 4) is 0 Å². The van der Waals surface area contributed by atoms with Crippen molar-refractivity contribution in [3.05, 3.63) is 35.9 Å². The molecule has 0 fully saturated rings. The molecule has 0 heterocycles. The van der Waals surface area contributed by atoms with Crippen LogP contribution in [0.2, 0.25) is 0 Å². The van der Waals surface area contributed by atoms with Crippen molar-refractivity contribution in [3.63, 3.8) is 0 Å². The van der Waals surface area contributed by atoms with Crippen LogP contribution >= 0.6 is 0 Å². The Bertz CT molecular complexity index is 343. The van der Waals surface area contributed by atoms with Gasteiger partial charge in [-0.2, -0.15) is 0 Å². The van der Waals surface area contributed by atoms with E-state index >= 15 is 0 Å². The lowest BCUT2D eigenvalue weighted by molar-refractivity contribution is -0.119. The highest BCUT2D eigenvalue weighted by atomic mass is 16.3. The van der Waals surface area contributed by atoms with Crippen molar-refractivity contribution in [1.29, 1.82) is 0 Å². The van der Waals surface area contributed by atoms with Crippen LogP contribution in [0.25, 0.3) is 0 Å². The van der Waals surface area contributed by atoms with Gasteiger partial charge in [-0.1, -0.05) is 30.3 Å². The lowest BCUT2D eigenvalue weighted by Gasteiger charge is -2.18. The van der Waals surface area contributed by atoms with Gasteiger partial charge in [-0.25, -0.2) is 0 Å². The zero-order chi connectivity index (χ0) is 12.7. The number of nitrogens with one attached hydrogen (secondary N) is 1. The van der Waals surface area contributed by atoms with E-state index in [1.54, 1.807) is 0 Å². The number of hydrogen-bond acceptors (Lipinski definition) is 4. The van der Waals surface area contributed by atoms with E-state index in [2.05, 4.69) is 5.32 Å². The van der Waals surface area contributed by atoms with Crippen LogP contribution < -0.4 is 16.8 Å². The van der Waals surface area contributed by atoms with Gasteiger partial charge in [-0.3, -0.25) is 4.79 Å². The van der Waals surface area contributed by atoms with Gasteiger partial charge in [-0.15, -0.1) is 0 Å². The highest BCUT2D eigenvalue weighted by Gasteiger charge is 2.13. The fraction of sp³-hybridized carbons (Fsp3) is 0.417. The number of carbonyl (C=O) groups excluding carboxylic acids is 1. The number of benzene rings is 1. The quantitative estimate of drug-likeness (QED) is 0.488.